The summed E-state index contributed by atoms with van der Waals surface area (Å²) in [7, 11) is 0. The molecule has 0 bridgehead atoms. The number of hydrogen-bond acceptors (Lipinski definition) is 2. The third kappa shape index (κ3) is 5.16. The Morgan fingerprint density at radius 3 is 1.95 bits per heavy atom. The zero-order valence-electron chi connectivity index (χ0n) is 29.9. The number of aromatic nitrogens is 1. The van der Waals surface area contributed by atoms with Crippen LogP contribution in [0.3, 0.4) is 0 Å². The van der Waals surface area contributed by atoms with Crippen molar-refractivity contribution >= 4 is 81.1 Å². The van der Waals surface area contributed by atoms with Gasteiger partial charge in [-0.1, -0.05) is 146 Å². The van der Waals surface area contributed by atoms with Gasteiger partial charge in [0.2, 0.25) is 0 Å². The molecule has 0 aliphatic rings. The van der Waals surface area contributed by atoms with Gasteiger partial charge in [-0.3, -0.25) is 0 Å². The summed E-state index contributed by atoms with van der Waals surface area (Å²) in [5.41, 5.74) is 11.7. The van der Waals surface area contributed by atoms with E-state index in [4.69, 9.17) is 0 Å². The molecule has 0 aliphatic carbocycles. The largest absolute Gasteiger partial charge is 0.309 e. The minimum Gasteiger partial charge on any atom is -0.309 e. The van der Waals surface area contributed by atoms with Crippen molar-refractivity contribution in [3.8, 4) is 27.9 Å². The van der Waals surface area contributed by atoms with Gasteiger partial charge in [-0.25, -0.2) is 0 Å². The molecular formula is C52H34N2S. The highest BCUT2D eigenvalue weighted by Crippen LogP contribution is 2.49. The molecule has 0 spiro atoms. The van der Waals surface area contributed by atoms with Crippen LogP contribution in [0.1, 0.15) is 0 Å². The summed E-state index contributed by atoms with van der Waals surface area (Å²) in [6, 6.07) is 75.3. The Balaban J connectivity index is 1.23. The first-order valence-electron chi connectivity index (χ1n) is 18.8. The second-order valence-corrected chi connectivity index (χ2v) is 15.2. The molecule has 0 radical (unpaired) electrons. The van der Waals surface area contributed by atoms with Crippen LogP contribution in [0.15, 0.2) is 206 Å². The van der Waals surface area contributed by atoms with E-state index >= 15 is 0 Å². The Morgan fingerprint density at radius 1 is 0.400 bits per heavy atom. The number of thiophene rings is 1. The third-order valence-corrected chi connectivity index (χ3v) is 12.2. The van der Waals surface area contributed by atoms with Crippen LogP contribution in [0.25, 0.3) is 80.7 Å². The van der Waals surface area contributed by atoms with E-state index in [1.165, 1.54) is 80.7 Å². The van der Waals surface area contributed by atoms with Crippen molar-refractivity contribution in [2.24, 2.45) is 0 Å². The molecule has 0 aliphatic heterocycles. The van der Waals surface area contributed by atoms with Gasteiger partial charge in [0.15, 0.2) is 0 Å². The topological polar surface area (TPSA) is 8.17 Å². The average Bonchev–Trinajstić information content (AvgIpc) is 3.81. The van der Waals surface area contributed by atoms with Gasteiger partial charge in [-0.15, -0.1) is 11.3 Å². The van der Waals surface area contributed by atoms with Crippen LogP contribution in [0, 0.1) is 0 Å². The Morgan fingerprint density at radius 2 is 1.07 bits per heavy atom. The Bertz CT molecular complexity index is 3210. The van der Waals surface area contributed by atoms with Gasteiger partial charge in [0.05, 0.1) is 27.1 Å². The van der Waals surface area contributed by atoms with Crippen LogP contribution in [0.4, 0.5) is 17.1 Å². The number of para-hydroxylation sites is 2. The monoisotopic (exact) mass is 718 g/mol. The molecule has 11 rings (SSSR count). The minimum atomic E-state index is 1.11. The summed E-state index contributed by atoms with van der Waals surface area (Å²) in [4.78, 5) is 2.51. The smallest absolute Gasteiger partial charge is 0.0640 e. The first kappa shape index (κ1) is 31.6. The van der Waals surface area contributed by atoms with Crippen LogP contribution in [-0.2, 0) is 0 Å². The van der Waals surface area contributed by atoms with Crippen LogP contribution in [0.2, 0.25) is 0 Å². The lowest BCUT2D eigenvalue weighted by atomic mass is 9.92. The molecule has 2 heterocycles. The number of nitrogens with zero attached hydrogens (tertiary/aromatic N) is 2. The maximum Gasteiger partial charge on any atom is 0.0640 e. The molecule has 0 unspecified atom stereocenters. The first-order chi connectivity index (χ1) is 27.3. The Hall–Kier alpha value is -6.94. The summed E-state index contributed by atoms with van der Waals surface area (Å²) in [6.07, 6.45) is 0. The van der Waals surface area contributed by atoms with Gasteiger partial charge in [0, 0.05) is 37.6 Å². The fourth-order valence-corrected chi connectivity index (χ4v) is 9.70. The van der Waals surface area contributed by atoms with Gasteiger partial charge >= 0.3 is 0 Å². The van der Waals surface area contributed by atoms with E-state index in [1.807, 2.05) is 11.3 Å². The highest BCUT2D eigenvalue weighted by atomic mass is 32.1. The maximum absolute atomic E-state index is 2.51. The Labute approximate surface area is 323 Å². The minimum absolute atomic E-state index is 1.11. The molecular weight excluding hydrogens is 685 g/mol. The van der Waals surface area contributed by atoms with Gasteiger partial charge in [0.25, 0.3) is 0 Å². The number of benzene rings is 9. The van der Waals surface area contributed by atoms with Crippen LogP contribution < -0.4 is 4.90 Å². The fraction of sp³-hybridized carbons (Fsp3) is 0. The average molecular weight is 719 g/mol. The highest BCUT2D eigenvalue weighted by molar-refractivity contribution is 7.26. The van der Waals surface area contributed by atoms with Gasteiger partial charge < -0.3 is 9.47 Å². The van der Waals surface area contributed by atoms with E-state index in [-0.39, 0.29) is 0 Å². The van der Waals surface area contributed by atoms with Crippen molar-refractivity contribution in [3.63, 3.8) is 0 Å². The molecule has 2 nitrogen and oxygen atoms in total. The fourth-order valence-electron chi connectivity index (χ4n) is 8.49. The summed E-state index contributed by atoms with van der Waals surface area (Å²) >= 11 is 1.87. The van der Waals surface area contributed by atoms with Gasteiger partial charge in [-0.2, -0.15) is 0 Å². The van der Waals surface area contributed by atoms with Crippen molar-refractivity contribution in [1.29, 1.82) is 0 Å². The number of hydrogen-bond donors (Lipinski definition) is 0. The van der Waals surface area contributed by atoms with E-state index in [2.05, 4.69) is 216 Å². The zero-order valence-corrected chi connectivity index (χ0v) is 30.7. The molecule has 0 fully saturated rings. The van der Waals surface area contributed by atoms with Crippen LogP contribution in [-0.4, -0.2) is 4.57 Å². The molecule has 258 valence electrons. The van der Waals surface area contributed by atoms with Crippen molar-refractivity contribution in [2.75, 3.05) is 4.90 Å². The van der Waals surface area contributed by atoms with E-state index in [1.54, 1.807) is 0 Å². The molecule has 11 aromatic rings. The van der Waals surface area contributed by atoms with Crippen molar-refractivity contribution in [2.45, 2.75) is 0 Å². The summed E-state index contributed by atoms with van der Waals surface area (Å²) in [6.45, 7) is 0. The van der Waals surface area contributed by atoms with Gasteiger partial charge in [0.1, 0.15) is 0 Å². The molecule has 0 N–H and O–H groups in total. The zero-order chi connectivity index (χ0) is 36.3. The van der Waals surface area contributed by atoms with Crippen molar-refractivity contribution in [1.82, 2.24) is 4.57 Å². The molecule has 0 saturated carbocycles. The quantitative estimate of drug-likeness (QED) is 0.166. The van der Waals surface area contributed by atoms with E-state index in [0.717, 1.165) is 17.1 Å². The molecule has 2 aromatic heterocycles. The number of anilines is 3. The van der Waals surface area contributed by atoms with Crippen molar-refractivity contribution in [3.05, 3.63) is 206 Å². The highest BCUT2D eigenvalue weighted by Gasteiger charge is 2.24. The molecule has 55 heavy (non-hydrogen) atoms. The molecule has 0 atom stereocenters. The van der Waals surface area contributed by atoms with E-state index < -0.39 is 0 Å². The molecule has 0 saturated heterocycles. The van der Waals surface area contributed by atoms with Gasteiger partial charge in [-0.05, 0) is 93.7 Å². The standard InChI is InChI=1S/C52H34N2S/c1-3-16-36(17-4-1)45-34-40(31-32-41(45)38-30-29-35-15-7-8-18-37(35)33-38)54(49-27-13-23-43-42-21-10-12-28-50(42)55-52(43)49)48-26-14-25-47-51(48)44-22-9-11-24-46(44)53(47)39-19-5-2-6-20-39/h1-34H. The number of rotatable bonds is 6. The lowest BCUT2D eigenvalue weighted by Crippen LogP contribution is -2.11. The van der Waals surface area contributed by atoms with E-state index in [9.17, 15) is 0 Å². The van der Waals surface area contributed by atoms with E-state index in [0.29, 0.717) is 0 Å². The predicted octanol–water partition coefficient (Wildman–Crippen LogP) is 15.1. The lowest BCUT2D eigenvalue weighted by Gasteiger charge is -2.28. The predicted molar refractivity (Wildman–Crippen MR) is 237 cm³/mol. The van der Waals surface area contributed by atoms with Crippen LogP contribution in [0.5, 0.6) is 0 Å². The lowest BCUT2D eigenvalue weighted by molar-refractivity contribution is 1.18. The molecule has 3 heteroatoms. The van der Waals surface area contributed by atoms with Crippen molar-refractivity contribution < 1.29 is 0 Å². The first-order valence-corrected chi connectivity index (χ1v) is 19.6. The Kier molecular flexibility index (Phi) is 7.39. The SMILES string of the molecule is c1ccc(-c2cc(N(c3cccc4c3sc3ccccc34)c3cccc4c3c3ccccc3n4-c3ccccc3)ccc2-c2ccc3ccccc3c2)cc1. The molecule has 0 amide bonds. The second kappa shape index (κ2) is 12.9. The normalized spacial score (nSPS) is 11.6. The summed E-state index contributed by atoms with van der Waals surface area (Å²) in [5.74, 6) is 0. The summed E-state index contributed by atoms with van der Waals surface area (Å²) < 4.78 is 4.97. The van der Waals surface area contributed by atoms with Crippen LogP contribution >= 0.6 is 11.3 Å². The second-order valence-electron chi connectivity index (χ2n) is 14.1. The molecule has 9 aromatic carbocycles. The third-order valence-electron chi connectivity index (χ3n) is 11.0. The maximum atomic E-state index is 2.51. The number of fused-ring (bicyclic) bond motifs is 7. The summed E-state index contributed by atoms with van der Waals surface area (Å²) in [5, 5.41) is 7.50.